The number of aliphatic hydroxyl groups is 1. The Morgan fingerprint density at radius 1 is 0.765 bits per heavy atom. The summed E-state index contributed by atoms with van der Waals surface area (Å²) in [6, 6.07) is 25.0. The Labute approximate surface area is 204 Å². The maximum Gasteiger partial charge on any atom is 0.123 e. The van der Waals surface area contributed by atoms with E-state index in [2.05, 4.69) is 110 Å². The van der Waals surface area contributed by atoms with Crippen molar-refractivity contribution in [1.82, 2.24) is 0 Å². The fraction of sp³-hybridized carbons (Fsp3) is 0.188. The van der Waals surface area contributed by atoms with Gasteiger partial charge >= 0.3 is 0 Å². The molecule has 0 heterocycles. The number of anilines is 1. The maximum absolute atomic E-state index is 10.8. The highest BCUT2D eigenvalue weighted by Gasteiger charge is 2.04. The predicted octanol–water partition coefficient (Wildman–Crippen LogP) is 8.50. The second-order valence-corrected chi connectivity index (χ2v) is 8.18. The van der Waals surface area contributed by atoms with Crippen LogP contribution in [0.15, 0.2) is 103 Å². The van der Waals surface area contributed by atoms with Crippen LogP contribution in [0.5, 0.6) is 0 Å². The minimum absolute atomic E-state index is 0.280. The Morgan fingerprint density at radius 3 is 1.91 bits per heavy atom. The molecule has 0 aliphatic heterocycles. The molecule has 3 rings (SSSR count). The number of benzene rings is 3. The van der Waals surface area contributed by atoms with Gasteiger partial charge in [-0.15, -0.1) is 0 Å². The third kappa shape index (κ3) is 7.38. The Morgan fingerprint density at radius 2 is 1.35 bits per heavy atom. The molecule has 0 unspecified atom stereocenters. The molecule has 3 aromatic carbocycles. The number of aryl methyl sites for hydroxylation is 2. The van der Waals surface area contributed by atoms with Gasteiger partial charge in [0.15, 0.2) is 0 Å². The lowest BCUT2D eigenvalue weighted by Gasteiger charge is -2.07. The van der Waals surface area contributed by atoms with Crippen LogP contribution in [0.25, 0.3) is 17.4 Å². The van der Waals surface area contributed by atoms with E-state index < -0.39 is 0 Å². The highest BCUT2D eigenvalue weighted by Crippen LogP contribution is 2.23. The second kappa shape index (κ2) is 13.1. The summed E-state index contributed by atoms with van der Waals surface area (Å²) in [5.74, 6) is 0.280. The van der Waals surface area contributed by atoms with Crippen molar-refractivity contribution in [2.24, 2.45) is 0 Å². The molecular weight excluding hydrogens is 414 g/mol. The van der Waals surface area contributed by atoms with Crippen molar-refractivity contribution < 1.29 is 5.11 Å². The summed E-state index contributed by atoms with van der Waals surface area (Å²) in [6.45, 7) is 4.29. The Hall–Kier alpha value is -3.78. The average molecular weight is 450 g/mol. The van der Waals surface area contributed by atoms with E-state index in [0.29, 0.717) is 0 Å². The molecule has 2 N–H and O–H groups in total. The molecule has 174 valence electrons. The van der Waals surface area contributed by atoms with Crippen molar-refractivity contribution in [2.45, 2.75) is 33.1 Å². The second-order valence-electron chi connectivity index (χ2n) is 8.18. The van der Waals surface area contributed by atoms with Crippen LogP contribution in [0.3, 0.4) is 0 Å². The van der Waals surface area contributed by atoms with Crippen molar-refractivity contribution in [1.29, 1.82) is 0 Å². The van der Waals surface area contributed by atoms with Gasteiger partial charge in [-0.25, -0.2) is 0 Å². The number of allylic oxidation sites excluding steroid dienone is 6. The van der Waals surface area contributed by atoms with Gasteiger partial charge in [0.05, 0.1) is 0 Å². The quantitative estimate of drug-likeness (QED) is 0.240. The van der Waals surface area contributed by atoms with Crippen molar-refractivity contribution in [3.05, 3.63) is 131 Å². The number of nitrogens with one attached hydrogen (secondary N) is 1. The van der Waals surface area contributed by atoms with E-state index in [1.165, 1.54) is 11.1 Å². The first-order chi connectivity index (χ1) is 16.6. The molecule has 0 amide bonds. The molecule has 0 aliphatic carbocycles. The molecule has 3 aromatic rings. The van der Waals surface area contributed by atoms with Crippen LogP contribution in [-0.2, 0) is 12.8 Å². The summed E-state index contributed by atoms with van der Waals surface area (Å²) in [5, 5.41) is 13.9. The van der Waals surface area contributed by atoms with E-state index in [9.17, 15) is 5.11 Å². The van der Waals surface area contributed by atoms with Crippen LogP contribution in [-0.4, -0.2) is 12.2 Å². The van der Waals surface area contributed by atoms with Gasteiger partial charge in [-0.3, -0.25) is 0 Å². The van der Waals surface area contributed by atoms with Crippen LogP contribution in [0.2, 0.25) is 0 Å². The van der Waals surface area contributed by atoms with Crippen molar-refractivity contribution in [2.75, 3.05) is 12.4 Å². The van der Waals surface area contributed by atoms with E-state index >= 15 is 0 Å². The maximum atomic E-state index is 10.8. The number of aliphatic hydroxyl groups excluding tert-OH is 1. The summed E-state index contributed by atoms with van der Waals surface area (Å²) < 4.78 is 0. The molecule has 0 aromatic heterocycles. The van der Waals surface area contributed by atoms with E-state index in [0.717, 1.165) is 47.2 Å². The van der Waals surface area contributed by atoms with E-state index in [4.69, 9.17) is 0 Å². The summed E-state index contributed by atoms with van der Waals surface area (Å²) >= 11 is 0. The monoisotopic (exact) mass is 449 g/mol. The van der Waals surface area contributed by atoms with E-state index in [1.54, 1.807) is 0 Å². The summed E-state index contributed by atoms with van der Waals surface area (Å²) in [7, 11) is 1.92. The fourth-order valence-electron chi connectivity index (χ4n) is 3.61. The molecule has 0 saturated heterocycles. The third-order valence-corrected chi connectivity index (χ3v) is 5.85. The minimum Gasteiger partial charge on any atom is -0.507 e. The normalized spacial score (nSPS) is 12.6. The van der Waals surface area contributed by atoms with E-state index in [-0.39, 0.29) is 5.76 Å². The van der Waals surface area contributed by atoms with Crippen molar-refractivity contribution in [3.63, 3.8) is 0 Å². The molecule has 0 radical (unpaired) electrons. The van der Waals surface area contributed by atoms with Gasteiger partial charge in [0, 0.05) is 18.3 Å². The van der Waals surface area contributed by atoms with Crippen LogP contribution < -0.4 is 5.32 Å². The summed E-state index contributed by atoms with van der Waals surface area (Å²) in [4.78, 5) is 0. The molecule has 2 nitrogen and oxygen atoms in total. The van der Waals surface area contributed by atoms with E-state index in [1.807, 2.05) is 25.3 Å². The standard InChI is InChI=1S/C32H35NO/c1-4-25-12-18-28(19-13-25)30(24-32(34)29-20-14-26(5-2)15-21-29)11-9-7-6-8-10-27-16-22-31(33-3)23-17-27/h6-8,10-24,33-34H,4-5,9H2,1-3H3/b7-6+,10-8+,30-11+,32-24-. The number of rotatable bonds is 10. The SMILES string of the molecule is CCc1ccc(/C(O)=C/C(=C\C/C=C/C=C/c2ccc(NC)cc2)c2ccc(CC)cc2)cc1. The molecule has 0 saturated carbocycles. The number of hydrogen-bond acceptors (Lipinski definition) is 2. The smallest absolute Gasteiger partial charge is 0.123 e. The van der Waals surface area contributed by atoms with Gasteiger partial charge < -0.3 is 10.4 Å². The van der Waals surface area contributed by atoms with Crippen LogP contribution in [0, 0.1) is 0 Å². The Bertz CT molecular complexity index is 1150. The number of hydrogen-bond donors (Lipinski definition) is 2. The third-order valence-electron chi connectivity index (χ3n) is 5.85. The molecular formula is C32H35NO. The van der Waals surface area contributed by atoms with Crippen molar-refractivity contribution in [3.8, 4) is 0 Å². The van der Waals surface area contributed by atoms with Gasteiger partial charge in [0.1, 0.15) is 5.76 Å². The van der Waals surface area contributed by atoms with Gasteiger partial charge in [-0.2, -0.15) is 0 Å². The Kier molecular flexibility index (Phi) is 9.54. The van der Waals surface area contributed by atoms with Crippen LogP contribution in [0.1, 0.15) is 48.1 Å². The highest BCUT2D eigenvalue weighted by molar-refractivity contribution is 5.81. The van der Waals surface area contributed by atoms with Crippen LogP contribution >= 0.6 is 0 Å². The Balaban J connectivity index is 1.76. The first-order valence-electron chi connectivity index (χ1n) is 12.0. The lowest BCUT2D eigenvalue weighted by atomic mass is 9.99. The van der Waals surface area contributed by atoms with Gasteiger partial charge in [0.2, 0.25) is 0 Å². The molecule has 0 aliphatic rings. The predicted molar refractivity (Wildman–Crippen MR) is 149 cm³/mol. The lowest BCUT2D eigenvalue weighted by molar-refractivity contribution is 0.512. The lowest BCUT2D eigenvalue weighted by Crippen LogP contribution is -1.89. The zero-order valence-corrected chi connectivity index (χ0v) is 20.5. The zero-order chi connectivity index (χ0) is 24.2. The molecule has 0 spiro atoms. The summed E-state index contributed by atoms with van der Waals surface area (Å²) in [6.07, 6.45) is 15.1. The fourth-order valence-corrected chi connectivity index (χ4v) is 3.61. The molecule has 34 heavy (non-hydrogen) atoms. The largest absolute Gasteiger partial charge is 0.507 e. The first-order valence-corrected chi connectivity index (χ1v) is 12.0. The first kappa shape index (κ1) is 24.9. The minimum atomic E-state index is 0.280. The zero-order valence-electron chi connectivity index (χ0n) is 20.5. The van der Waals surface area contributed by atoms with Gasteiger partial charge in [0.25, 0.3) is 0 Å². The molecule has 0 fully saturated rings. The van der Waals surface area contributed by atoms with Crippen molar-refractivity contribution >= 4 is 23.1 Å². The average Bonchev–Trinajstić information content (AvgIpc) is 2.90. The molecule has 0 atom stereocenters. The summed E-state index contributed by atoms with van der Waals surface area (Å²) in [5.41, 5.74) is 7.78. The topological polar surface area (TPSA) is 32.3 Å². The molecule has 2 heteroatoms. The van der Waals surface area contributed by atoms with Gasteiger partial charge in [-0.05, 0) is 65.3 Å². The highest BCUT2D eigenvalue weighted by atomic mass is 16.3. The van der Waals surface area contributed by atoms with Crippen LogP contribution in [0.4, 0.5) is 5.69 Å². The molecule has 0 bridgehead atoms. The van der Waals surface area contributed by atoms with Gasteiger partial charge in [-0.1, -0.05) is 105 Å².